The highest BCUT2D eigenvalue weighted by Crippen LogP contribution is 2.43. The number of hydrogen-bond donors (Lipinski definition) is 3. The summed E-state index contributed by atoms with van der Waals surface area (Å²) in [5.74, 6) is -0.208. The largest absolute Gasteiger partial charge is 0.472 e. The molecule has 0 saturated carbocycles. The Morgan fingerprint density at radius 2 is 1.17 bits per heavy atom. The Morgan fingerprint density at radius 3 is 1.77 bits per heavy atom. The SMILES string of the molecule is CC/C=C\C/C=C\C/C=C\CCCCCCCC(=O)NC(COP(=O)(O)OCC[N+](C)(C)C)C(O)/C=C/CC/C=C/CCCCCCCCCCC. The predicted molar refractivity (Wildman–Crippen MR) is 221 cm³/mol. The minimum Gasteiger partial charge on any atom is -0.387 e. The molecule has 0 saturated heterocycles. The van der Waals surface area contributed by atoms with E-state index in [1.54, 1.807) is 6.08 Å². The number of aliphatic hydroxyl groups is 1. The molecule has 0 heterocycles. The molecule has 9 heteroatoms. The van der Waals surface area contributed by atoms with Gasteiger partial charge in [-0.2, -0.15) is 0 Å². The quantitative estimate of drug-likeness (QED) is 0.0255. The molecule has 0 aliphatic heterocycles. The lowest BCUT2D eigenvalue weighted by Gasteiger charge is -2.25. The van der Waals surface area contributed by atoms with E-state index in [1.807, 2.05) is 27.2 Å². The first-order valence-corrected chi connectivity index (χ1v) is 22.2. The van der Waals surface area contributed by atoms with E-state index in [2.05, 4.69) is 67.8 Å². The molecule has 0 fully saturated rings. The summed E-state index contributed by atoms with van der Waals surface area (Å²) in [4.78, 5) is 23.0. The van der Waals surface area contributed by atoms with Gasteiger partial charge in [0, 0.05) is 6.42 Å². The lowest BCUT2D eigenvalue weighted by molar-refractivity contribution is -0.870. The maximum absolute atomic E-state index is 12.8. The number of amides is 1. The van der Waals surface area contributed by atoms with Crippen molar-refractivity contribution in [2.24, 2.45) is 0 Å². The molecule has 3 N–H and O–H groups in total. The topological polar surface area (TPSA) is 105 Å². The summed E-state index contributed by atoms with van der Waals surface area (Å²) in [7, 11) is 1.53. The van der Waals surface area contributed by atoms with Gasteiger partial charge in [-0.1, -0.05) is 145 Å². The molecule has 0 aromatic heterocycles. The Balaban J connectivity index is 4.58. The highest BCUT2D eigenvalue weighted by atomic mass is 31.2. The van der Waals surface area contributed by atoms with Gasteiger partial charge in [-0.25, -0.2) is 4.57 Å². The molecule has 0 aromatic carbocycles. The van der Waals surface area contributed by atoms with Crippen LogP contribution in [0.5, 0.6) is 0 Å². The van der Waals surface area contributed by atoms with Crippen molar-refractivity contribution in [3.63, 3.8) is 0 Å². The number of unbranched alkanes of at least 4 members (excludes halogenated alkanes) is 15. The number of allylic oxidation sites excluding steroid dienone is 9. The number of nitrogens with zero attached hydrogens (tertiary/aromatic N) is 1. The Labute approximate surface area is 320 Å². The molecular weight excluding hydrogens is 671 g/mol. The van der Waals surface area contributed by atoms with Crippen molar-refractivity contribution in [1.29, 1.82) is 0 Å². The number of quaternary nitrogens is 1. The number of likely N-dealkylation sites (N-methyl/N-ethyl adjacent to an activating group) is 1. The zero-order valence-corrected chi connectivity index (χ0v) is 34.9. The highest BCUT2D eigenvalue weighted by molar-refractivity contribution is 7.47. The van der Waals surface area contributed by atoms with E-state index < -0.39 is 20.0 Å². The number of rotatable bonds is 36. The summed E-state index contributed by atoms with van der Waals surface area (Å²) in [5.41, 5.74) is 0. The molecule has 0 aliphatic carbocycles. The van der Waals surface area contributed by atoms with Gasteiger partial charge in [0.15, 0.2) is 0 Å². The molecule has 52 heavy (non-hydrogen) atoms. The summed E-state index contributed by atoms with van der Waals surface area (Å²) >= 11 is 0. The van der Waals surface area contributed by atoms with Crippen LogP contribution in [0.15, 0.2) is 60.8 Å². The molecular formula is C43H80N2O6P+. The Kier molecular flexibility index (Phi) is 33.7. The minimum absolute atomic E-state index is 0.0498. The standard InChI is InChI=1S/C43H79N2O6P/c1-6-8-10-12-14-16-18-20-22-24-26-28-30-32-34-36-42(46)41(40-51-52(48,49)50-39-38-45(3,4)5)44-43(47)37-35-33-31-29-27-25-23-21-19-17-15-13-11-9-7-2/h9,11,15,17,21,23,26,28,34,36,41-42,46H,6-8,10,12-14,16,18-20,22,24-25,27,29-33,35,37-40H2,1-5H3,(H-,44,47,48,49)/p+1/b11-9-,17-15-,23-21-,28-26+,36-34+. The maximum Gasteiger partial charge on any atom is 0.472 e. The van der Waals surface area contributed by atoms with Crippen LogP contribution in [-0.4, -0.2) is 73.4 Å². The normalized spacial score (nSPS) is 15.1. The van der Waals surface area contributed by atoms with Crippen molar-refractivity contribution in [3.05, 3.63) is 60.8 Å². The molecule has 0 spiro atoms. The van der Waals surface area contributed by atoms with Crippen LogP contribution in [0, 0.1) is 0 Å². The van der Waals surface area contributed by atoms with Crippen molar-refractivity contribution in [2.45, 2.75) is 167 Å². The molecule has 3 unspecified atom stereocenters. The van der Waals surface area contributed by atoms with E-state index in [-0.39, 0.29) is 19.1 Å². The van der Waals surface area contributed by atoms with Gasteiger partial charge in [-0.05, 0) is 64.2 Å². The van der Waals surface area contributed by atoms with Crippen LogP contribution in [0.1, 0.15) is 155 Å². The molecule has 8 nitrogen and oxygen atoms in total. The first kappa shape index (κ1) is 50.2. The first-order valence-electron chi connectivity index (χ1n) is 20.7. The zero-order chi connectivity index (χ0) is 38.6. The van der Waals surface area contributed by atoms with Crippen LogP contribution in [0.4, 0.5) is 0 Å². The Morgan fingerprint density at radius 1 is 0.673 bits per heavy atom. The number of phosphoric ester groups is 1. The smallest absolute Gasteiger partial charge is 0.387 e. The summed E-state index contributed by atoms with van der Waals surface area (Å²) < 4.78 is 23.5. The minimum atomic E-state index is -4.35. The second-order valence-electron chi connectivity index (χ2n) is 15.0. The van der Waals surface area contributed by atoms with Crippen molar-refractivity contribution in [1.82, 2.24) is 5.32 Å². The fraction of sp³-hybridized carbons (Fsp3) is 0.744. The molecule has 0 rings (SSSR count). The average Bonchev–Trinajstić information content (AvgIpc) is 3.09. The average molecular weight is 752 g/mol. The summed E-state index contributed by atoms with van der Waals surface area (Å²) in [6, 6.07) is -0.872. The second-order valence-corrected chi connectivity index (χ2v) is 16.4. The second kappa shape index (κ2) is 34.9. The van der Waals surface area contributed by atoms with Crippen LogP contribution in [0.25, 0.3) is 0 Å². The summed E-state index contributed by atoms with van der Waals surface area (Å²) in [5, 5.41) is 13.8. The monoisotopic (exact) mass is 752 g/mol. The molecule has 0 aromatic rings. The van der Waals surface area contributed by atoms with E-state index >= 15 is 0 Å². The number of hydrogen-bond acceptors (Lipinski definition) is 5. The third kappa shape index (κ3) is 36.6. The Bertz CT molecular complexity index is 1030. The Hall–Kier alpha value is -1.80. The summed E-state index contributed by atoms with van der Waals surface area (Å²) in [6.07, 6.45) is 44.3. The lowest BCUT2D eigenvalue weighted by atomic mass is 10.1. The third-order valence-corrected chi connectivity index (χ3v) is 9.71. The summed E-state index contributed by atoms with van der Waals surface area (Å²) in [6.45, 7) is 4.64. The lowest BCUT2D eigenvalue weighted by Crippen LogP contribution is -2.45. The predicted octanol–water partition coefficient (Wildman–Crippen LogP) is 11.1. The van der Waals surface area contributed by atoms with Crippen LogP contribution in [0.2, 0.25) is 0 Å². The third-order valence-electron chi connectivity index (χ3n) is 8.72. The molecule has 0 aliphatic rings. The maximum atomic E-state index is 12.8. The number of nitrogens with one attached hydrogen (secondary N) is 1. The van der Waals surface area contributed by atoms with Crippen LogP contribution < -0.4 is 5.32 Å². The fourth-order valence-electron chi connectivity index (χ4n) is 5.42. The van der Waals surface area contributed by atoms with Gasteiger partial charge in [0.25, 0.3) is 0 Å². The van der Waals surface area contributed by atoms with Gasteiger partial charge in [0.05, 0.1) is 39.9 Å². The van der Waals surface area contributed by atoms with E-state index in [9.17, 15) is 19.4 Å². The van der Waals surface area contributed by atoms with Gasteiger partial charge < -0.3 is 19.8 Å². The number of carbonyl (C=O) groups excluding carboxylic acids is 1. The number of aliphatic hydroxyl groups excluding tert-OH is 1. The van der Waals surface area contributed by atoms with E-state index in [0.717, 1.165) is 77.0 Å². The van der Waals surface area contributed by atoms with Crippen molar-refractivity contribution in [2.75, 3.05) is 40.9 Å². The van der Waals surface area contributed by atoms with Crippen LogP contribution in [0.3, 0.4) is 0 Å². The van der Waals surface area contributed by atoms with Crippen molar-refractivity contribution < 1.29 is 32.9 Å². The first-order chi connectivity index (χ1) is 25.0. The van der Waals surface area contributed by atoms with E-state index in [1.165, 1.54) is 57.8 Å². The van der Waals surface area contributed by atoms with E-state index in [0.29, 0.717) is 17.4 Å². The van der Waals surface area contributed by atoms with Crippen LogP contribution >= 0.6 is 7.82 Å². The van der Waals surface area contributed by atoms with Gasteiger partial charge in [0.2, 0.25) is 5.91 Å². The highest BCUT2D eigenvalue weighted by Gasteiger charge is 2.27. The number of phosphoric acid groups is 1. The van der Waals surface area contributed by atoms with E-state index in [4.69, 9.17) is 9.05 Å². The van der Waals surface area contributed by atoms with Gasteiger partial charge in [-0.15, -0.1) is 0 Å². The molecule has 1 amide bonds. The van der Waals surface area contributed by atoms with Crippen molar-refractivity contribution >= 4 is 13.7 Å². The number of carbonyl (C=O) groups is 1. The van der Waals surface area contributed by atoms with Crippen molar-refractivity contribution in [3.8, 4) is 0 Å². The molecule has 302 valence electrons. The van der Waals surface area contributed by atoms with Gasteiger partial charge in [0.1, 0.15) is 13.2 Å². The fourth-order valence-corrected chi connectivity index (χ4v) is 6.16. The zero-order valence-electron chi connectivity index (χ0n) is 34.0. The molecule has 0 radical (unpaired) electrons. The molecule has 0 bridgehead atoms. The molecule has 3 atom stereocenters. The van der Waals surface area contributed by atoms with Gasteiger partial charge >= 0.3 is 7.82 Å². The van der Waals surface area contributed by atoms with Gasteiger partial charge in [-0.3, -0.25) is 13.8 Å². The van der Waals surface area contributed by atoms with Crippen LogP contribution in [-0.2, 0) is 18.4 Å².